The van der Waals surface area contributed by atoms with E-state index in [0.717, 1.165) is 29.3 Å². The fraction of sp³-hybridized carbons (Fsp3) is 0.421. The van der Waals surface area contributed by atoms with Crippen LogP contribution in [-0.2, 0) is 0 Å². The Hall–Kier alpha value is -1.94. The van der Waals surface area contributed by atoms with Gasteiger partial charge in [0.1, 0.15) is 17.2 Å². The number of nitrogens with zero attached hydrogens (tertiary/aromatic N) is 2. The molecule has 0 unspecified atom stereocenters. The highest BCUT2D eigenvalue weighted by Crippen LogP contribution is 2.35. The van der Waals surface area contributed by atoms with Crippen molar-refractivity contribution in [2.24, 2.45) is 5.41 Å². The van der Waals surface area contributed by atoms with Gasteiger partial charge in [-0.2, -0.15) is 0 Å². The Balaban J connectivity index is 2.11. The first-order chi connectivity index (χ1) is 11.1. The van der Waals surface area contributed by atoms with Gasteiger partial charge in [-0.15, -0.1) is 0 Å². The zero-order valence-electron chi connectivity index (χ0n) is 14.9. The van der Waals surface area contributed by atoms with Gasteiger partial charge in [-0.1, -0.05) is 32.4 Å². The summed E-state index contributed by atoms with van der Waals surface area (Å²) >= 11 is 6.20. The van der Waals surface area contributed by atoms with Gasteiger partial charge < -0.3 is 9.73 Å². The van der Waals surface area contributed by atoms with E-state index in [1.165, 1.54) is 0 Å². The van der Waals surface area contributed by atoms with Gasteiger partial charge in [0, 0.05) is 11.7 Å². The SMILES string of the molecule is CC(C)(C)CC(C)(C)Nc1c(-c2ccco2)nc2ccc(Cl)cn12. The lowest BCUT2D eigenvalue weighted by Gasteiger charge is -2.34. The van der Waals surface area contributed by atoms with Crippen molar-refractivity contribution in [2.75, 3.05) is 5.32 Å². The van der Waals surface area contributed by atoms with E-state index < -0.39 is 0 Å². The van der Waals surface area contributed by atoms with Crippen molar-refractivity contribution in [3.05, 3.63) is 41.7 Å². The van der Waals surface area contributed by atoms with Crippen molar-refractivity contribution in [2.45, 2.75) is 46.6 Å². The summed E-state index contributed by atoms with van der Waals surface area (Å²) in [6.45, 7) is 11.1. The maximum atomic E-state index is 6.20. The van der Waals surface area contributed by atoms with Gasteiger partial charge in [0.15, 0.2) is 5.76 Å². The van der Waals surface area contributed by atoms with Gasteiger partial charge in [-0.3, -0.25) is 4.40 Å². The molecule has 0 aliphatic heterocycles. The summed E-state index contributed by atoms with van der Waals surface area (Å²) in [5.41, 5.74) is 1.72. The summed E-state index contributed by atoms with van der Waals surface area (Å²) in [6.07, 6.45) is 4.55. The minimum atomic E-state index is -0.113. The molecule has 4 nitrogen and oxygen atoms in total. The summed E-state index contributed by atoms with van der Waals surface area (Å²) in [5, 5.41) is 4.33. The molecule has 0 aliphatic rings. The zero-order chi connectivity index (χ0) is 17.5. The highest BCUT2D eigenvalue weighted by molar-refractivity contribution is 6.30. The van der Waals surface area contributed by atoms with Crippen LogP contribution in [0.25, 0.3) is 17.1 Å². The normalized spacial score (nSPS) is 12.8. The number of halogens is 1. The molecule has 0 spiro atoms. The first-order valence-corrected chi connectivity index (χ1v) is 8.52. The van der Waals surface area contributed by atoms with Gasteiger partial charge >= 0.3 is 0 Å². The average molecular weight is 346 g/mol. The summed E-state index contributed by atoms with van der Waals surface area (Å²) < 4.78 is 7.58. The number of pyridine rings is 1. The molecule has 3 aromatic rings. The largest absolute Gasteiger partial charge is 0.463 e. The van der Waals surface area contributed by atoms with Crippen molar-refractivity contribution in [3.63, 3.8) is 0 Å². The molecule has 3 heterocycles. The van der Waals surface area contributed by atoms with Crippen LogP contribution in [0, 0.1) is 5.41 Å². The van der Waals surface area contributed by atoms with E-state index in [1.54, 1.807) is 6.26 Å². The van der Waals surface area contributed by atoms with Crippen molar-refractivity contribution in [1.29, 1.82) is 0 Å². The molecule has 0 aromatic carbocycles. The van der Waals surface area contributed by atoms with E-state index >= 15 is 0 Å². The summed E-state index contributed by atoms with van der Waals surface area (Å²) in [5.74, 6) is 1.64. The molecular formula is C19H24ClN3O. The molecule has 3 aromatic heterocycles. The number of hydrogen-bond acceptors (Lipinski definition) is 3. The number of fused-ring (bicyclic) bond motifs is 1. The Kier molecular flexibility index (Phi) is 4.12. The third kappa shape index (κ3) is 3.59. The van der Waals surface area contributed by atoms with Gasteiger partial charge in [0.2, 0.25) is 0 Å². The van der Waals surface area contributed by atoms with Crippen LogP contribution >= 0.6 is 11.6 Å². The number of nitrogens with one attached hydrogen (secondary N) is 1. The second-order valence-electron chi connectivity index (χ2n) is 8.11. The molecular weight excluding hydrogens is 322 g/mol. The third-order valence-corrected chi connectivity index (χ3v) is 3.99. The van der Waals surface area contributed by atoms with E-state index in [9.17, 15) is 0 Å². The summed E-state index contributed by atoms with van der Waals surface area (Å²) in [4.78, 5) is 4.72. The fourth-order valence-electron chi connectivity index (χ4n) is 3.41. The van der Waals surface area contributed by atoms with Gasteiger partial charge in [0.25, 0.3) is 0 Å². The Bertz CT molecular complexity index is 841. The summed E-state index contributed by atoms with van der Waals surface area (Å²) in [6, 6.07) is 7.55. The minimum Gasteiger partial charge on any atom is -0.463 e. The van der Waals surface area contributed by atoms with Gasteiger partial charge in [0.05, 0.1) is 11.3 Å². The number of hydrogen-bond donors (Lipinski definition) is 1. The van der Waals surface area contributed by atoms with Crippen LogP contribution < -0.4 is 5.32 Å². The van der Waals surface area contributed by atoms with Crippen LogP contribution in [0.1, 0.15) is 41.0 Å². The smallest absolute Gasteiger partial charge is 0.156 e. The third-order valence-electron chi connectivity index (χ3n) is 3.77. The van der Waals surface area contributed by atoms with Gasteiger partial charge in [-0.25, -0.2) is 4.98 Å². The lowest BCUT2D eigenvalue weighted by molar-refractivity contribution is 0.302. The Labute approximate surface area is 147 Å². The maximum Gasteiger partial charge on any atom is 0.156 e. The number of rotatable bonds is 4. The molecule has 128 valence electrons. The molecule has 0 bridgehead atoms. The molecule has 1 N–H and O–H groups in total. The van der Waals surface area contributed by atoms with Crippen molar-refractivity contribution in [1.82, 2.24) is 9.38 Å². The van der Waals surface area contributed by atoms with Crippen molar-refractivity contribution in [3.8, 4) is 11.5 Å². The molecule has 0 radical (unpaired) electrons. The number of imidazole rings is 1. The average Bonchev–Trinajstić information content (AvgIpc) is 3.04. The summed E-state index contributed by atoms with van der Waals surface area (Å²) in [7, 11) is 0. The minimum absolute atomic E-state index is 0.113. The maximum absolute atomic E-state index is 6.20. The predicted octanol–water partition coefficient (Wildman–Crippen LogP) is 5.87. The first kappa shape index (κ1) is 16.9. The second kappa shape index (κ2) is 5.85. The van der Waals surface area contributed by atoms with Crippen LogP contribution in [0.5, 0.6) is 0 Å². The van der Waals surface area contributed by atoms with E-state index in [1.807, 2.05) is 34.9 Å². The Morgan fingerprint density at radius 3 is 2.54 bits per heavy atom. The van der Waals surface area contributed by atoms with Crippen LogP contribution in [0.15, 0.2) is 41.1 Å². The van der Waals surface area contributed by atoms with E-state index in [0.29, 0.717) is 5.02 Å². The first-order valence-electron chi connectivity index (χ1n) is 8.14. The zero-order valence-corrected chi connectivity index (χ0v) is 15.6. The molecule has 0 atom stereocenters. The molecule has 0 fully saturated rings. The van der Waals surface area contributed by atoms with Crippen LogP contribution in [0.2, 0.25) is 5.02 Å². The van der Waals surface area contributed by atoms with Crippen LogP contribution in [-0.4, -0.2) is 14.9 Å². The van der Waals surface area contributed by atoms with Crippen molar-refractivity contribution < 1.29 is 4.42 Å². The van der Waals surface area contributed by atoms with Crippen molar-refractivity contribution >= 4 is 23.1 Å². The van der Waals surface area contributed by atoms with Crippen LogP contribution in [0.3, 0.4) is 0 Å². The fourth-order valence-corrected chi connectivity index (χ4v) is 3.57. The van der Waals surface area contributed by atoms with Gasteiger partial charge in [-0.05, 0) is 49.9 Å². The van der Waals surface area contributed by atoms with E-state index in [2.05, 4.69) is 39.9 Å². The number of aromatic nitrogens is 2. The number of anilines is 1. The quantitative estimate of drug-likeness (QED) is 0.642. The molecule has 24 heavy (non-hydrogen) atoms. The Morgan fingerprint density at radius 1 is 1.17 bits per heavy atom. The highest BCUT2D eigenvalue weighted by Gasteiger charge is 2.28. The standard InChI is InChI=1S/C19H24ClN3O/c1-18(2,3)12-19(4,5)22-17-16(14-7-6-10-24-14)21-15-9-8-13(20)11-23(15)17/h6-11,22H,12H2,1-5H3. The monoisotopic (exact) mass is 345 g/mol. The van der Waals surface area contributed by atoms with Crippen LogP contribution in [0.4, 0.5) is 5.82 Å². The second-order valence-corrected chi connectivity index (χ2v) is 8.54. The lowest BCUT2D eigenvalue weighted by atomic mass is 9.82. The number of furan rings is 1. The lowest BCUT2D eigenvalue weighted by Crippen LogP contribution is -2.36. The van der Waals surface area contributed by atoms with E-state index in [-0.39, 0.29) is 11.0 Å². The Morgan fingerprint density at radius 2 is 1.92 bits per heavy atom. The highest BCUT2D eigenvalue weighted by atomic mass is 35.5. The predicted molar refractivity (Wildman–Crippen MR) is 99.7 cm³/mol. The van der Waals surface area contributed by atoms with E-state index in [4.69, 9.17) is 21.0 Å². The topological polar surface area (TPSA) is 42.5 Å². The molecule has 0 aliphatic carbocycles. The molecule has 3 rings (SSSR count). The molecule has 0 saturated carbocycles. The molecule has 5 heteroatoms. The molecule has 0 saturated heterocycles. The molecule has 0 amide bonds.